The van der Waals surface area contributed by atoms with Crippen LogP contribution in [0, 0.1) is 10.1 Å². The van der Waals surface area contributed by atoms with E-state index in [1.54, 1.807) is 24.3 Å². The quantitative estimate of drug-likeness (QED) is 0.363. The summed E-state index contributed by atoms with van der Waals surface area (Å²) in [6.45, 7) is 0.445. The molecule has 0 fully saturated rings. The van der Waals surface area contributed by atoms with Crippen LogP contribution in [0.5, 0.6) is 5.75 Å². The molecule has 7 nitrogen and oxygen atoms in total. The molecule has 27 heavy (non-hydrogen) atoms. The van der Waals surface area contributed by atoms with Crippen LogP contribution in [0.1, 0.15) is 15.9 Å². The lowest BCUT2D eigenvalue weighted by atomic mass is 10.0. The van der Waals surface area contributed by atoms with Crippen molar-refractivity contribution in [3.63, 3.8) is 0 Å². The highest BCUT2D eigenvalue weighted by Crippen LogP contribution is 2.28. The highest BCUT2D eigenvalue weighted by atomic mass is 16.6. The van der Waals surface area contributed by atoms with E-state index in [1.807, 2.05) is 24.3 Å². The summed E-state index contributed by atoms with van der Waals surface area (Å²) in [5.41, 5.74) is 8.70. The summed E-state index contributed by atoms with van der Waals surface area (Å²) in [4.78, 5) is 22.6. The molecule has 0 heterocycles. The monoisotopic (exact) mass is 363 g/mol. The van der Waals surface area contributed by atoms with E-state index in [9.17, 15) is 20.0 Å². The molecule has 0 aliphatic heterocycles. The first-order valence-corrected chi connectivity index (χ1v) is 8.16. The Hall–Kier alpha value is -3.71. The van der Waals surface area contributed by atoms with Crippen LogP contribution in [0.3, 0.4) is 0 Å². The van der Waals surface area contributed by atoms with Crippen molar-refractivity contribution in [2.45, 2.75) is 6.54 Å². The van der Waals surface area contributed by atoms with E-state index in [-0.39, 0.29) is 17.1 Å². The van der Waals surface area contributed by atoms with Crippen LogP contribution in [0.2, 0.25) is 0 Å². The van der Waals surface area contributed by atoms with Gasteiger partial charge in [0.2, 0.25) is 0 Å². The van der Waals surface area contributed by atoms with E-state index in [1.165, 1.54) is 6.07 Å². The number of phenolic OH excluding ortho intramolecular Hbond substituents is 1. The molecule has 0 atom stereocenters. The van der Waals surface area contributed by atoms with Gasteiger partial charge in [-0.3, -0.25) is 14.9 Å². The zero-order chi connectivity index (χ0) is 19.4. The van der Waals surface area contributed by atoms with Crippen LogP contribution in [0.25, 0.3) is 11.1 Å². The molecule has 3 rings (SSSR count). The number of anilines is 1. The SMILES string of the molecule is NCc1cccc(-c2ccc(C(=O)Nc3cc([N+](=O)[O-])ccc3O)cc2)c1. The topological polar surface area (TPSA) is 118 Å². The van der Waals surface area contributed by atoms with Gasteiger partial charge < -0.3 is 16.2 Å². The molecule has 0 radical (unpaired) electrons. The number of nitrogens with one attached hydrogen (secondary N) is 1. The van der Waals surface area contributed by atoms with Crippen molar-refractivity contribution in [3.05, 3.63) is 88.0 Å². The van der Waals surface area contributed by atoms with Crippen molar-refractivity contribution < 1.29 is 14.8 Å². The fourth-order valence-electron chi connectivity index (χ4n) is 2.62. The third kappa shape index (κ3) is 4.10. The Balaban J connectivity index is 1.80. The van der Waals surface area contributed by atoms with E-state index in [4.69, 9.17) is 5.73 Å². The van der Waals surface area contributed by atoms with Crippen molar-refractivity contribution in [3.8, 4) is 16.9 Å². The third-order valence-corrected chi connectivity index (χ3v) is 4.08. The molecule has 0 unspecified atom stereocenters. The molecule has 0 spiro atoms. The lowest BCUT2D eigenvalue weighted by Gasteiger charge is -2.08. The molecular weight excluding hydrogens is 346 g/mol. The number of nitrogens with zero attached hydrogens (tertiary/aromatic N) is 1. The van der Waals surface area contributed by atoms with Crippen LogP contribution in [0.15, 0.2) is 66.7 Å². The number of nitro benzene ring substituents is 1. The highest BCUT2D eigenvalue weighted by Gasteiger charge is 2.14. The summed E-state index contributed by atoms with van der Waals surface area (Å²) in [6, 6.07) is 18.1. The van der Waals surface area contributed by atoms with Crippen molar-refractivity contribution in [1.29, 1.82) is 0 Å². The molecular formula is C20H17N3O4. The van der Waals surface area contributed by atoms with Gasteiger partial charge in [-0.1, -0.05) is 30.3 Å². The number of non-ortho nitro benzene ring substituents is 1. The standard InChI is InChI=1S/C20H17N3O4/c21-12-13-2-1-3-16(10-13)14-4-6-15(7-5-14)20(25)22-18-11-17(23(26)27)8-9-19(18)24/h1-11,24H,12,21H2,(H,22,25). The fraction of sp³-hybridized carbons (Fsp3) is 0.0500. The predicted octanol–water partition coefficient (Wildman–Crippen LogP) is 3.68. The lowest BCUT2D eigenvalue weighted by molar-refractivity contribution is -0.384. The van der Waals surface area contributed by atoms with Gasteiger partial charge in [0.05, 0.1) is 10.6 Å². The third-order valence-electron chi connectivity index (χ3n) is 4.08. The Labute approximate surface area is 155 Å². The maximum atomic E-state index is 12.4. The Kier molecular flexibility index (Phi) is 5.14. The Morgan fingerprint density at radius 1 is 1.04 bits per heavy atom. The van der Waals surface area contributed by atoms with Crippen molar-refractivity contribution in [2.75, 3.05) is 5.32 Å². The first kappa shape index (κ1) is 18.1. The lowest BCUT2D eigenvalue weighted by Crippen LogP contribution is -2.12. The number of rotatable bonds is 5. The number of phenols is 1. The van der Waals surface area contributed by atoms with Crippen molar-refractivity contribution in [1.82, 2.24) is 0 Å². The summed E-state index contributed by atoms with van der Waals surface area (Å²) in [5.74, 6) is -0.725. The molecule has 3 aromatic carbocycles. The van der Waals surface area contributed by atoms with Gasteiger partial charge in [0.25, 0.3) is 11.6 Å². The summed E-state index contributed by atoms with van der Waals surface area (Å²) in [7, 11) is 0. The largest absolute Gasteiger partial charge is 0.506 e. The smallest absolute Gasteiger partial charge is 0.271 e. The van der Waals surface area contributed by atoms with Crippen LogP contribution in [-0.4, -0.2) is 15.9 Å². The first-order chi connectivity index (χ1) is 13.0. The highest BCUT2D eigenvalue weighted by molar-refractivity contribution is 6.05. The maximum absolute atomic E-state index is 12.4. The van der Waals surface area contributed by atoms with Gasteiger partial charge in [-0.15, -0.1) is 0 Å². The second-order valence-electron chi connectivity index (χ2n) is 5.89. The van der Waals surface area contributed by atoms with Gasteiger partial charge >= 0.3 is 0 Å². The van der Waals surface area contributed by atoms with E-state index in [0.717, 1.165) is 28.8 Å². The molecule has 0 saturated heterocycles. The number of carbonyl (C=O) groups is 1. The Morgan fingerprint density at radius 2 is 1.78 bits per heavy atom. The van der Waals surface area contributed by atoms with Gasteiger partial charge in [0, 0.05) is 24.2 Å². The Morgan fingerprint density at radius 3 is 2.44 bits per heavy atom. The summed E-state index contributed by atoms with van der Waals surface area (Å²) >= 11 is 0. The molecule has 0 aliphatic carbocycles. The van der Waals surface area contributed by atoms with Gasteiger partial charge in [0.15, 0.2) is 0 Å². The number of hydrogen-bond donors (Lipinski definition) is 3. The molecule has 136 valence electrons. The Bertz CT molecular complexity index is 1000. The molecule has 0 aliphatic rings. The van der Waals surface area contributed by atoms with Crippen molar-refractivity contribution >= 4 is 17.3 Å². The average Bonchev–Trinajstić information content (AvgIpc) is 2.69. The zero-order valence-electron chi connectivity index (χ0n) is 14.3. The molecule has 0 saturated carbocycles. The first-order valence-electron chi connectivity index (χ1n) is 8.16. The summed E-state index contributed by atoms with van der Waals surface area (Å²) in [6.07, 6.45) is 0. The minimum Gasteiger partial charge on any atom is -0.506 e. The average molecular weight is 363 g/mol. The molecule has 1 amide bonds. The van der Waals surface area contributed by atoms with Gasteiger partial charge in [-0.2, -0.15) is 0 Å². The van der Waals surface area contributed by atoms with E-state index in [0.29, 0.717) is 12.1 Å². The summed E-state index contributed by atoms with van der Waals surface area (Å²) in [5, 5.41) is 23.1. The number of aromatic hydroxyl groups is 1. The van der Waals surface area contributed by atoms with Crippen LogP contribution >= 0.6 is 0 Å². The molecule has 3 aromatic rings. The number of amides is 1. The fourth-order valence-corrected chi connectivity index (χ4v) is 2.62. The maximum Gasteiger partial charge on any atom is 0.271 e. The van der Waals surface area contributed by atoms with Gasteiger partial charge in [0.1, 0.15) is 5.75 Å². The number of nitro groups is 1. The molecule has 7 heteroatoms. The minimum absolute atomic E-state index is 0.0195. The number of carbonyl (C=O) groups excluding carboxylic acids is 1. The second-order valence-corrected chi connectivity index (χ2v) is 5.89. The van der Waals surface area contributed by atoms with Crippen LogP contribution in [-0.2, 0) is 6.54 Å². The second kappa shape index (κ2) is 7.67. The normalized spacial score (nSPS) is 10.4. The molecule has 0 aromatic heterocycles. The van der Waals surface area contributed by atoms with E-state index < -0.39 is 10.8 Å². The van der Waals surface area contributed by atoms with E-state index >= 15 is 0 Å². The van der Waals surface area contributed by atoms with E-state index in [2.05, 4.69) is 5.32 Å². The van der Waals surface area contributed by atoms with Crippen LogP contribution in [0.4, 0.5) is 11.4 Å². The number of nitrogens with two attached hydrogens (primary N) is 1. The number of benzene rings is 3. The summed E-state index contributed by atoms with van der Waals surface area (Å²) < 4.78 is 0. The zero-order valence-corrected chi connectivity index (χ0v) is 14.3. The van der Waals surface area contributed by atoms with Gasteiger partial charge in [-0.25, -0.2) is 0 Å². The molecule has 4 N–H and O–H groups in total. The predicted molar refractivity (Wildman–Crippen MR) is 102 cm³/mol. The van der Waals surface area contributed by atoms with Gasteiger partial charge in [-0.05, 0) is 41.0 Å². The number of hydrogen-bond acceptors (Lipinski definition) is 5. The van der Waals surface area contributed by atoms with Crippen LogP contribution < -0.4 is 11.1 Å². The molecule has 0 bridgehead atoms. The minimum atomic E-state index is -0.598. The van der Waals surface area contributed by atoms with Crippen molar-refractivity contribution in [2.24, 2.45) is 5.73 Å².